The zero-order valence-corrected chi connectivity index (χ0v) is 8.40. The second-order valence-corrected chi connectivity index (χ2v) is 4.37. The van der Waals surface area contributed by atoms with Gasteiger partial charge in [0.05, 0.1) is 6.61 Å². The van der Waals surface area contributed by atoms with E-state index in [1.807, 2.05) is 0 Å². The van der Waals surface area contributed by atoms with Gasteiger partial charge in [0.25, 0.3) is 0 Å². The lowest BCUT2D eigenvalue weighted by molar-refractivity contribution is -0.0523. The van der Waals surface area contributed by atoms with E-state index < -0.39 is 15.6 Å². The maximum absolute atomic E-state index is 11.9. The van der Waals surface area contributed by atoms with Gasteiger partial charge in [-0.2, -0.15) is 21.6 Å². The summed E-state index contributed by atoms with van der Waals surface area (Å²) in [7, 11) is -5.54. The fraction of sp³-hybridized carbons (Fsp3) is 0.714. The van der Waals surface area contributed by atoms with E-state index in [9.17, 15) is 21.6 Å². The average Bonchev–Trinajstić information content (AvgIpc) is 2.30. The summed E-state index contributed by atoms with van der Waals surface area (Å²) >= 11 is 0. The van der Waals surface area contributed by atoms with Crippen molar-refractivity contribution < 1.29 is 30.5 Å². The predicted molar refractivity (Wildman–Crippen MR) is 44.2 cm³/mol. The first-order valence-electron chi connectivity index (χ1n) is 4.10. The van der Waals surface area contributed by atoms with Gasteiger partial charge in [0.15, 0.2) is 0 Å². The summed E-state index contributed by atoms with van der Waals surface area (Å²) in [6.07, 6.45) is 1.74. The minimum atomic E-state index is -5.54. The zero-order chi connectivity index (χ0) is 11.5. The van der Waals surface area contributed by atoms with Crippen LogP contribution in [0.1, 0.15) is 12.8 Å². The number of halogens is 3. The van der Waals surface area contributed by atoms with Crippen LogP contribution in [-0.2, 0) is 19.0 Å². The second kappa shape index (κ2) is 4.40. The monoisotopic (exact) mass is 246 g/mol. The van der Waals surface area contributed by atoms with Crippen molar-refractivity contribution in [1.29, 1.82) is 0 Å². The Hall–Kier alpha value is -0.760. The quantitative estimate of drug-likeness (QED) is 0.548. The molecule has 0 N–H and O–H groups in total. The summed E-state index contributed by atoms with van der Waals surface area (Å²) in [5, 5.41) is 0. The number of alkyl halides is 3. The number of ether oxygens (including phenoxy) is 1. The van der Waals surface area contributed by atoms with Gasteiger partial charge in [-0.05, 0) is 12.5 Å². The van der Waals surface area contributed by atoms with Crippen LogP contribution in [0.3, 0.4) is 0 Å². The standard InChI is InChI=1S/C7H9F3O4S/c8-7(9,10)15(11,12)14-6-2-1-4-13-5-3-6/h3H,1-2,4-5H2. The van der Waals surface area contributed by atoms with Crippen LogP contribution in [0.15, 0.2) is 11.8 Å². The molecule has 8 heteroatoms. The van der Waals surface area contributed by atoms with Crippen molar-refractivity contribution in [3.63, 3.8) is 0 Å². The molecular formula is C7H9F3O4S. The van der Waals surface area contributed by atoms with Crippen molar-refractivity contribution in [2.75, 3.05) is 13.2 Å². The van der Waals surface area contributed by atoms with Gasteiger partial charge in [-0.3, -0.25) is 0 Å². The van der Waals surface area contributed by atoms with Crippen LogP contribution in [0.5, 0.6) is 0 Å². The number of rotatable bonds is 2. The Labute approximate surface area is 84.8 Å². The van der Waals surface area contributed by atoms with E-state index in [1.54, 1.807) is 0 Å². The molecule has 1 aliphatic heterocycles. The molecule has 0 spiro atoms. The molecule has 1 aliphatic rings. The minimum absolute atomic E-state index is 0.0582. The van der Waals surface area contributed by atoms with Crippen molar-refractivity contribution in [3.8, 4) is 0 Å². The molecule has 0 fully saturated rings. The highest BCUT2D eigenvalue weighted by molar-refractivity contribution is 7.87. The van der Waals surface area contributed by atoms with Crippen molar-refractivity contribution in [3.05, 3.63) is 11.8 Å². The number of allylic oxidation sites excluding steroid dienone is 1. The predicted octanol–water partition coefficient (Wildman–Crippen LogP) is 1.55. The van der Waals surface area contributed by atoms with E-state index in [-0.39, 0.29) is 18.8 Å². The summed E-state index contributed by atoms with van der Waals surface area (Å²) in [6, 6.07) is 0. The lowest BCUT2D eigenvalue weighted by Crippen LogP contribution is -2.25. The summed E-state index contributed by atoms with van der Waals surface area (Å²) in [4.78, 5) is 0. The Bertz CT molecular complexity index is 344. The van der Waals surface area contributed by atoms with Gasteiger partial charge >= 0.3 is 15.6 Å². The fourth-order valence-corrected chi connectivity index (χ4v) is 1.48. The topological polar surface area (TPSA) is 52.6 Å². The van der Waals surface area contributed by atoms with Crippen LogP contribution >= 0.6 is 0 Å². The molecule has 0 aromatic carbocycles. The largest absolute Gasteiger partial charge is 0.534 e. The molecule has 0 saturated heterocycles. The molecule has 1 rings (SSSR count). The van der Waals surface area contributed by atoms with Crippen LogP contribution in [0, 0.1) is 0 Å². The van der Waals surface area contributed by atoms with Crippen LogP contribution < -0.4 is 0 Å². The first kappa shape index (κ1) is 12.3. The van der Waals surface area contributed by atoms with E-state index in [2.05, 4.69) is 4.18 Å². The van der Waals surface area contributed by atoms with E-state index >= 15 is 0 Å². The van der Waals surface area contributed by atoms with Crippen molar-refractivity contribution >= 4 is 10.1 Å². The van der Waals surface area contributed by atoms with Crippen molar-refractivity contribution in [1.82, 2.24) is 0 Å². The molecule has 88 valence electrons. The van der Waals surface area contributed by atoms with Crippen molar-refractivity contribution in [2.45, 2.75) is 18.3 Å². The summed E-state index contributed by atoms with van der Waals surface area (Å²) in [6.45, 7) is 0.429. The summed E-state index contributed by atoms with van der Waals surface area (Å²) < 4.78 is 65.8. The molecule has 15 heavy (non-hydrogen) atoms. The molecule has 0 bridgehead atoms. The molecule has 0 unspecified atom stereocenters. The van der Waals surface area contributed by atoms with E-state index in [1.165, 1.54) is 6.08 Å². The smallest absolute Gasteiger partial charge is 0.381 e. The first-order valence-corrected chi connectivity index (χ1v) is 5.51. The molecule has 1 heterocycles. The maximum Gasteiger partial charge on any atom is 0.534 e. The van der Waals surface area contributed by atoms with Crippen LogP contribution in [0.4, 0.5) is 13.2 Å². The van der Waals surface area contributed by atoms with Crippen LogP contribution in [0.25, 0.3) is 0 Å². The third-order valence-corrected chi connectivity index (χ3v) is 2.64. The lowest BCUT2D eigenvalue weighted by Gasteiger charge is -2.10. The highest BCUT2D eigenvalue weighted by Gasteiger charge is 2.48. The van der Waals surface area contributed by atoms with E-state index in [4.69, 9.17) is 4.74 Å². The number of hydrogen-bond donors (Lipinski definition) is 0. The van der Waals surface area contributed by atoms with Gasteiger partial charge in [0.1, 0.15) is 5.76 Å². The molecule has 0 amide bonds. The zero-order valence-electron chi connectivity index (χ0n) is 7.58. The van der Waals surface area contributed by atoms with Gasteiger partial charge in [-0.25, -0.2) is 0 Å². The van der Waals surface area contributed by atoms with E-state index in [0.717, 1.165) is 0 Å². The third kappa shape index (κ3) is 3.38. The van der Waals surface area contributed by atoms with Gasteiger partial charge in [0, 0.05) is 13.0 Å². The van der Waals surface area contributed by atoms with Crippen LogP contribution in [0.2, 0.25) is 0 Å². The summed E-state index contributed by atoms with van der Waals surface area (Å²) in [5.41, 5.74) is -5.39. The molecular weight excluding hydrogens is 237 g/mol. The molecule has 0 aromatic heterocycles. The van der Waals surface area contributed by atoms with Gasteiger partial charge in [-0.1, -0.05) is 0 Å². The van der Waals surface area contributed by atoms with Crippen LogP contribution in [-0.4, -0.2) is 27.1 Å². The molecule has 0 saturated carbocycles. The highest BCUT2D eigenvalue weighted by atomic mass is 32.2. The van der Waals surface area contributed by atoms with Gasteiger partial charge < -0.3 is 8.92 Å². The Morgan fingerprint density at radius 1 is 1.40 bits per heavy atom. The Kier molecular flexibility index (Phi) is 3.61. The SMILES string of the molecule is O=S(=O)(OC1=CCOCCC1)C(F)(F)F. The maximum atomic E-state index is 11.9. The highest BCUT2D eigenvalue weighted by Crippen LogP contribution is 2.27. The molecule has 0 atom stereocenters. The van der Waals surface area contributed by atoms with Crippen molar-refractivity contribution in [2.24, 2.45) is 0 Å². The number of hydrogen-bond acceptors (Lipinski definition) is 4. The molecule has 4 nitrogen and oxygen atoms in total. The Morgan fingerprint density at radius 2 is 2.07 bits per heavy atom. The van der Waals surface area contributed by atoms with Gasteiger partial charge in [0.2, 0.25) is 0 Å². The Balaban J connectivity index is 2.73. The molecule has 0 radical (unpaired) electrons. The first-order chi connectivity index (χ1) is 6.83. The second-order valence-electron chi connectivity index (χ2n) is 2.83. The fourth-order valence-electron chi connectivity index (χ4n) is 0.950. The normalized spacial score (nSPS) is 19.3. The minimum Gasteiger partial charge on any atom is -0.381 e. The molecule has 0 aromatic rings. The Morgan fingerprint density at radius 3 is 2.67 bits per heavy atom. The molecule has 0 aliphatic carbocycles. The van der Waals surface area contributed by atoms with E-state index in [0.29, 0.717) is 13.0 Å². The average molecular weight is 246 g/mol. The third-order valence-electron chi connectivity index (χ3n) is 1.64. The lowest BCUT2D eigenvalue weighted by atomic mass is 10.3. The summed E-state index contributed by atoms with van der Waals surface area (Å²) in [5.74, 6) is -0.218. The van der Waals surface area contributed by atoms with Gasteiger partial charge in [-0.15, -0.1) is 0 Å².